The molecule has 0 saturated carbocycles. The lowest BCUT2D eigenvalue weighted by atomic mass is 10.2. The Bertz CT molecular complexity index is 1390. The summed E-state index contributed by atoms with van der Waals surface area (Å²) in [5.41, 5.74) is 2.25. The summed E-state index contributed by atoms with van der Waals surface area (Å²) in [4.78, 5) is 34.7. The van der Waals surface area contributed by atoms with E-state index in [1.54, 1.807) is 22.8 Å². The van der Waals surface area contributed by atoms with Crippen LogP contribution in [-0.4, -0.2) is 35.2 Å². The van der Waals surface area contributed by atoms with E-state index in [0.29, 0.717) is 33.4 Å². The summed E-state index contributed by atoms with van der Waals surface area (Å²) in [6.45, 7) is 4.48. The van der Waals surface area contributed by atoms with Gasteiger partial charge in [0.15, 0.2) is 10.9 Å². The molecule has 0 fully saturated rings. The van der Waals surface area contributed by atoms with E-state index >= 15 is 0 Å². The zero-order chi connectivity index (χ0) is 24.6. The third-order valence-electron chi connectivity index (χ3n) is 5.62. The Morgan fingerprint density at radius 2 is 1.79 bits per heavy atom. The van der Waals surface area contributed by atoms with E-state index in [9.17, 15) is 14.9 Å². The minimum Gasteiger partial charge on any atom is -0.328 e. The highest BCUT2D eigenvalue weighted by atomic mass is 35.5. The number of ketones is 1. The third-order valence-corrected chi connectivity index (χ3v) is 6.83. The maximum absolute atomic E-state index is 13.2. The first-order valence-corrected chi connectivity index (χ1v) is 12.2. The van der Waals surface area contributed by atoms with Gasteiger partial charge in [-0.1, -0.05) is 49.3 Å². The van der Waals surface area contributed by atoms with Crippen molar-refractivity contribution in [1.29, 1.82) is 5.26 Å². The second-order valence-corrected chi connectivity index (χ2v) is 9.87. The van der Waals surface area contributed by atoms with Crippen LogP contribution in [0.2, 0.25) is 5.02 Å². The summed E-state index contributed by atoms with van der Waals surface area (Å²) >= 11 is 7.26. The van der Waals surface area contributed by atoms with Crippen LogP contribution in [0.4, 0.5) is 11.4 Å². The van der Waals surface area contributed by atoms with Crippen molar-refractivity contribution in [2.75, 3.05) is 29.6 Å². The number of nitrogens with zero attached hydrogens (tertiary/aromatic N) is 5. The number of para-hydroxylation sites is 2. The van der Waals surface area contributed by atoms with Gasteiger partial charge in [0.2, 0.25) is 0 Å². The number of hydrogen-bond acceptors (Lipinski definition) is 7. The number of nitriles is 1. The molecule has 0 atom stereocenters. The fraction of sp³-hybridized carbons (Fsp3) is 0.280. The van der Waals surface area contributed by atoms with Crippen molar-refractivity contribution in [2.24, 2.45) is 5.92 Å². The number of allylic oxidation sites excluding steroid dienone is 1. The van der Waals surface area contributed by atoms with E-state index in [1.807, 2.05) is 62.0 Å². The van der Waals surface area contributed by atoms with Crippen LogP contribution in [0, 0.1) is 17.2 Å². The lowest BCUT2D eigenvalue weighted by Crippen LogP contribution is -2.27. The van der Waals surface area contributed by atoms with Crippen LogP contribution in [0.25, 0.3) is 10.9 Å². The summed E-state index contributed by atoms with van der Waals surface area (Å²) in [7, 11) is 3.68. The number of carbonyl (C=O) groups excluding carboxylic acids is 1. The van der Waals surface area contributed by atoms with Crippen molar-refractivity contribution < 1.29 is 4.79 Å². The second-order valence-electron chi connectivity index (χ2n) is 8.49. The van der Waals surface area contributed by atoms with Crippen LogP contribution in [-0.2, 0) is 11.3 Å². The van der Waals surface area contributed by atoms with Gasteiger partial charge in [0.1, 0.15) is 17.5 Å². The number of rotatable bonds is 6. The minimum atomic E-state index is -0.324. The number of carbonyl (C=O) groups is 1. The van der Waals surface area contributed by atoms with Gasteiger partial charge in [-0.25, -0.2) is 4.98 Å². The molecule has 2 heterocycles. The maximum atomic E-state index is 13.2. The van der Waals surface area contributed by atoms with Crippen molar-refractivity contribution in [1.82, 2.24) is 9.55 Å². The predicted molar refractivity (Wildman–Crippen MR) is 137 cm³/mol. The molecule has 1 aliphatic rings. The molecule has 4 rings (SSSR count). The largest absolute Gasteiger partial charge is 0.328 e. The van der Waals surface area contributed by atoms with E-state index in [1.165, 1.54) is 11.8 Å². The van der Waals surface area contributed by atoms with Gasteiger partial charge in [0.25, 0.3) is 5.56 Å². The molecule has 0 spiro atoms. The Balaban J connectivity index is 1.68. The molecule has 0 saturated heterocycles. The summed E-state index contributed by atoms with van der Waals surface area (Å²) < 4.78 is 1.59. The number of anilines is 2. The van der Waals surface area contributed by atoms with Gasteiger partial charge in [-0.2, -0.15) is 5.26 Å². The molecule has 3 aromatic rings. The number of halogens is 1. The zero-order valence-electron chi connectivity index (χ0n) is 19.4. The van der Waals surface area contributed by atoms with Gasteiger partial charge < -0.3 is 9.80 Å². The van der Waals surface area contributed by atoms with Crippen LogP contribution in [0.3, 0.4) is 0 Å². The predicted octanol–water partition coefficient (Wildman–Crippen LogP) is 4.69. The number of hydrogen-bond donors (Lipinski definition) is 0. The topological polar surface area (TPSA) is 82.2 Å². The van der Waals surface area contributed by atoms with Gasteiger partial charge in [0.05, 0.1) is 28.0 Å². The molecule has 0 N–H and O–H groups in total. The Kier molecular flexibility index (Phi) is 6.69. The standard InChI is InChI=1S/C25H24ClN5O2S/c1-15(2)13-31-24(33)17-11-16(26)9-10-19(17)28-25(31)34-14-22(32)18(12-27)23-29(3)20-7-5-6-8-21(20)30(23)4/h5-11,15H,13-14H2,1-4H3. The molecule has 174 valence electrons. The lowest BCUT2D eigenvalue weighted by molar-refractivity contribution is -0.112. The highest BCUT2D eigenvalue weighted by Crippen LogP contribution is 2.40. The molecule has 0 amide bonds. The molecule has 2 aromatic carbocycles. The first kappa shape index (κ1) is 23.9. The van der Waals surface area contributed by atoms with Crippen LogP contribution in [0.15, 0.2) is 63.8 Å². The average molecular weight is 494 g/mol. The van der Waals surface area contributed by atoms with E-state index < -0.39 is 0 Å². The molecular formula is C25H24ClN5O2S. The molecule has 0 bridgehead atoms. The summed E-state index contributed by atoms with van der Waals surface area (Å²) in [6.07, 6.45) is 0. The summed E-state index contributed by atoms with van der Waals surface area (Å²) in [5, 5.41) is 11.2. The molecule has 7 nitrogen and oxygen atoms in total. The van der Waals surface area contributed by atoms with Crippen molar-refractivity contribution in [3.05, 3.63) is 69.2 Å². The molecule has 0 aliphatic carbocycles. The number of aromatic nitrogens is 2. The number of benzene rings is 2. The van der Waals surface area contributed by atoms with Gasteiger partial charge >= 0.3 is 0 Å². The smallest absolute Gasteiger partial charge is 0.262 e. The fourth-order valence-corrected chi connectivity index (χ4v) is 5.12. The second kappa shape index (κ2) is 9.53. The van der Waals surface area contributed by atoms with Gasteiger partial charge in [0, 0.05) is 25.7 Å². The van der Waals surface area contributed by atoms with Crippen molar-refractivity contribution in [3.63, 3.8) is 0 Å². The summed E-state index contributed by atoms with van der Waals surface area (Å²) in [5.74, 6) is 0.390. The SMILES string of the molecule is CC(C)Cn1c(SCC(=O)C(C#N)=C2N(C)c3ccccc3N2C)nc2ccc(Cl)cc2c1=O. The Morgan fingerprint density at radius 1 is 1.15 bits per heavy atom. The number of thioether (sulfide) groups is 1. The maximum Gasteiger partial charge on any atom is 0.262 e. The fourth-order valence-electron chi connectivity index (χ4n) is 4.07. The highest BCUT2D eigenvalue weighted by molar-refractivity contribution is 7.99. The molecule has 0 unspecified atom stereocenters. The monoisotopic (exact) mass is 493 g/mol. The normalized spacial score (nSPS) is 12.9. The summed E-state index contributed by atoms with van der Waals surface area (Å²) in [6, 6.07) is 14.8. The van der Waals surface area contributed by atoms with E-state index in [2.05, 4.69) is 11.1 Å². The number of Topliss-reactive ketones (excluding diaryl/α,β-unsaturated/α-hetero) is 1. The lowest BCUT2D eigenvalue weighted by Gasteiger charge is -2.20. The van der Waals surface area contributed by atoms with Crippen molar-refractivity contribution in [3.8, 4) is 6.07 Å². The van der Waals surface area contributed by atoms with E-state index in [-0.39, 0.29) is 28.6 Å². The molecule has 34 heavy (non-hydrogen) atoms. The first-order valence-electron chi connectivity index (χ1n) is 10.8. The molecule has 9 heteroatoms. The van der Waals surface area contributed by atoms with Crippen LogP contribution >= 0.6 is 23.4 Å². The Hall–Kier alpha value is -3.28. The third kappa shape index (κ3) is 4.29. The van der Waals surface area contributed by atoms with Crippen LogP contribution in [0.1, 0.15) is 13.8 Å². The van der Waals surface area contributed by atoms with Gasteiger partial charge in [-0.05, 0) is 36.2 Å². The zero-order valence-corrected chi connectivity index (χ0v) is 20.9. The van der Waals surface area contributed by atoms with Gasteiger partial charge in [-0.3, -0.25) is 14.2 Å². The Labute approximate surface area is 207 Å². The Morgan fingerprint density at radius 3 is 2.38 bits per heavy atom. The van der Waals surface area contributed by atoms with Crippen LogP contribution < -0.4 is 15.4 Å². The van der Waals surface area contributed by atoms with Crippen molar-refractivity contribution in [2.45, 2.75) is 25.5 Å². The highest BCUT2D eigenvalue weighted by Gasteiger charge is 2.31. The quantitative estimate of drug-likeness (QED) is 0.213. The van der Waals surface area contributed by atoms with Crippen molar-refractivity contribution >= 4 is 51.4 Å². The van der Waals surface area contributed by atoms with E-state index in [0.717, 1.165) is 11.4 Å². The first-order chi connectivity index (χ1) is 16.2. The minimum absolute atomic E-state index is 0.0198. The van der Waals surface area contributed by atoms with E-state index in [4.69, 9.17) is 11.6 Å². The van der Waals surface area contributed by atoms with Crippen LogP contribution in [0.5, 0.6) is 0 Å². The molecule has 1 aliphatic heterocycles. The average Bonchev–Trinajstić information content (AvgIpc) is 3.06. The van der Waals surface area contributed by atoms with Gasteiger partial charge in [-0.15, -0.1) is 0 Å². The molecule has 1 aromatic heterocycles. The molecule has 0 radical (unpaired) electrons. The molecular weight excluding hydrogens is 470 g/mol. The number of fused-ring (bicyclic) bond motifs is 2.